The predicted octanol–water partition coefficient (Wildman–Crippen LogP) is 3.84. The standard InChI is InChI=1S/C9H6OS3/c10-5-7-3-1-2-4-8(7)9-6-11-13-12-9/h1-6H. The quantitative estimate of drug-likeness (QED) is 0.562. The fraction of sp³-hybridized carbons (Fsp3) is 0. The Morgan fingerprint density at radius 3 is 2.77 bits per heavy atom. The third kappa shape index (κ3) is 1.95. The van der Waals surface area contributed by atoms with Crippen LogP contribution in [0.25, 0.3) is 4.91 Å². The first-order valence-corrected chi connectivity index (χ1v) is 7.21. The Hall–Kier alpha value is -0.320. The average Bonchev–Trinajstić information content (AvgIpc) is 2.70. The molecule has 0 saturated heterocycles. The molecule has 0 saturated carbocycles. The van der Waals surface area contributed by atoms with Gasteiger partial charge < -0.3 is 0 Å². The maximum atomic E-state index is 10.7. The van der Waals surface area contributed by atoms with Gasteiger partial charge in [0.05, 0.1) is 0 Å². The van der Waals surface area contributed by atoms with Crippen molar-refractivity contribution >= 4 is 42.6 Å². The number of aldehydes is 1. The normalized spacial score (nSPS) is 15.5. The van der Waals surface area contributed by atoms with Crippen molar-refractivity contribution in [3.63, 3.8) is 0 Å². The van der Waals surface area contributed by atoms with Gasteiger partial charge in [-0.2, -0.15) is 0 Å². The molecule has 1 nitrogen and oxygen atoms in total. The van der Waals surface area contributed by atoms with Gasteiger partial charge in [-0.3, -0.25) is 4.79 Å². The monoisotopic (exact) mass is 226 g/mol. The molecule has 66 valence electrons. The van der Waals surface area contributed by atoms with E-state index < -0.39 is 0 Å². The zero-order valence-electron chi connectivity index (χ0n) is 6.60. The molecule has 2 rings (SSSR count). The van der Waals surface area contributed by atoms with E-state index in [9.17, 15) is 4.79 Å². The molecule has 0 spiro atoms. The van der Waals surface area contributed by atoms with Crippen LogP contribution in [0.15, 0.2) is 29.7 Å². The Morgan fingerprint density at radius 2 is 2.08 bits per heavy atom. The first-order valence-electron chi connectivity index (χ1n) is 3.66. The summed E-state index contributed by atoms with van der Waals surface area (Å²) in [6, 6.07) is 7.66. The minimum Gasteiger partial charge on any atom is -0.298 e. The summed E-state index contributed by atoms with van der Waals surface area (Å²) in [5.74, 6) is 0. The Kier molecular flexibility index (Phi) is 3.03. The molecule has 13 heavy (non-hydrogen) atoms. The third-order valence-electron chi connectivity index (χ3n) is 1.67. The van der Waals surface area contributed by atoms with E-state index >= 15 is 0 Å². The summed E-state index contributed by atoms with van der Waals surface area (Å²) < 4.78 is 0. The molecular weight excluding hydrogens is 220 g/mol. The van der Waals surface area contributed by atoms with E-state index in [1.54, 1.807) is 31.4 Å². The van der Waals surface area contributed by atoms with Crippen molar-refractivity contribution < 1.29 is 4.79 Å². The van der Waals surface area contributed by atoms with Crippen molar-refractivity contribution in [3.05, 3.63) is 40.8 Å². The van der Waals surface area contributed by atoms with Crippen molar-refractivity contribution in [1.29, 1.82) is 0 Å². The molecule has 1 aliphatic rings. The van der Waals surface area contributed by atoms with Gasteiger partial charge in [-0.15, -0.1) is 0 Å². The Balaban J connectivity index is 2.43. The SMILES string of the molecule is O=Cc1ccccc1C1=CSSS1. The highest BCUT2D eigenvalue weighted by atomic mass is 33.5. The van der Waals surface area contributed by atoms with Gasteiger partial charge in [0.2, 0.25) is 0 Å². The maximum Gasteiger partial charge on any atom is 0.150 e. The fourth-order valence-electron chi connectivity index (χ4n) is 1.07. The molecule has 0 atom stereocenters. The van der Waals surface area contributed by atoms with E-state index in [-0.39, 0.29) is 0 Å². The molecule has 0 fully saturated rings. The minimum absolute atomic E-state index is 0.768. The van der Waals surface area contributed by atoms with Crippen molar-refractivity contribution in [2.45, 2.75) is 0 Å². The molecule has 1 heterocycles. The van der Waals surface area contributed by atoms with Crippen LogP contribution >= 0.6 is 31.4 Å². The summed E-state index contributed by atoms with van der Waals surface area (Å²) in [5, 5.41) is 2.08. The second-order valence-corrected chi connectivity index (χ2v) is 6.32. The lowest BCUT2D eigenvalue weighted by Gasteiger charge is -2.02. The predicted molar refractivity (Wildman–Crippen MR) is 62.6 cm³/mol. The van der Waals surface area contributed by atoms with Gasteiger partial charge in [-0.1, -0.05) is 35.1 Å². The van der Waals surface area contributed by atoms with E-state index in [0.717, 1.165) is 17.4 Å². The molecule has 0 N–H and O–H groups in total. The summed E-state index contributed by atoms with van der Waals surface area (Å²) in [6.07, 6.45) is 0.907. The summed E-state index contributed by atoms with van der Waals surface area (Å²) in [6.45, 7) is 0. The van der Waals surface area contributed by atoms with E-state index in [4.69, 9.17) is 0 Å². The summed E-state index contributed by atoms with van der Waals surface area (Å²) in [7, 11) is 5.13. The van der Waals surface area contributed by atoms with Crippen LogP contribution in [0.3, 0.4) is 0 Å². The van der Waals surface area contributed by atoms with Gasteiger partial charge in [0.15, 0.2) is 6.29 Å². The summed E-state index contributed by atoms with van der Waals surface area (Å²) >= 11 is 0. The number of rotatable bonds is 2. The zero-order valence-corrected chi connectivity index (χ0v) is 9.05. The Morgan fingerprint density at radius 1 is 1.23 bits per heavy atom. The lowest BCUT2D eigenvalue weighted by atomic mass is 10.1. The molecule has 0 amide bonds. The highest BCUT2D eigenvalue weighted by Crippen LogP contribution is 2.53. The van der Waals surface area contributed by atoms with Crippen LogP contribution in [-0.4, -0.2) is 6.29 Å². The van der Waals surface area contributed by atoms with Gasteiger partial charge >= 0.3 is 0 Å². The van der Waals surface area contributed by atoms with Crippen LogP contribution in [0.1, 0.15) is 15.9 Å². The van der Waals surface area contributed by atoms with Crippen LogP contribution in [-0.2, 0) is 0 Å². The van der Waals surface area contributed by atoms with E-state index in [0.29, 0.717) is 0 Å². The van der Waals surface area contributed by atoms with Crippen LogP contribution in [0.5, 0.6) is 0 Å². The van der Waals surface area contributed by atoms with Crippen molar-refractivity contribution in [3.8, 4) is 0 Å². The first kappa shape index (κ1) is 9.24. The molecule has 4 heteroatoms. The highest BCUT2D eigenvalue weighted by Gasteiger charge is 2.12. The van der Waals surface area contributed by atoms with Crippen LogP contribution < -0.4 is 0 Å². The number of carbonyl (C=O) groups is 1. The van der Waals surface area contributed by atoms with Crippen molar-refractivity contribution in [2.24, 2.45) is 0 Å². The van der Waals surface area contributed by atoms with E-state index in [1.807, 2.05) is 24.3 Å². The maximum absolute atomic E-state index is 10.7. The smallest absolute Gasteiger partial charge is 0.150 e. The number of hydrogen-bond donors (Lipinski definition) is 0. The average molecular weight is 226 g/mol. The minimum atomic E-state index is 0.768. The number of carbonyl (C=O) groups excluding carboxylic acids is 1. The van der Waals surface area contributed by atoms with E-state index in [2.05, 4.69) is 5.41 Å². The highest BCUT2D eigenvalue weighted by molar-refractivity contribution is 9.13. The topological polar surface area (TPSA) is 17.1 Å². The van der Waals surface area contributed by atoms with Crippen molar-refractivity contribution in [2.75, 3.05) is 0 Å². The van der Waals surface area contributed by atoms with Crippen molar-refractivity contribution in [1.82, 2.24) is 0 Å². The lowest BCUT2D eigenvalue weighted by molar-refractivity contribution is 0.112. The lowest BCUT2D eigenvalue weighted by Crippen LogP contribution is -1.87. The van der Waals surface area contributed by atoms with Crippen LogP contribution in [0, 0.1) is 0 Å². The summed E-state index contributed by atoms with van der Waals surface area (Å²) in [4.78, 5) is 11.9. The molecule has 1 aromatic carbocycles. The largest absolute Gasteiger partial charge is 0.298 e. The molecule has 0 radical (unpaired) electrons. The van der Waals surface area contributed by atoms with Gasteiger partial charge in [-0.05, 0) is 31.6 Å². The van der Waals surface area contributed by atoms with Gasteiger partial charge in [-0.25, -0.2) is 0 Å². The molecule has 0 aromatic heterocycles. The molecule has 0 unspecified atom stereocenters. The first-order chi connectivity index (χ1) is 6.42. The third-order valence-corrected chi connectivity index (χ3v) is 5.40. The fourth-order valence-corrected chi connectivity index (χ4v) is 4.93. The Labute approximate surface area is 88.2 Å². The molecule has 1 aromatic rings. The summed E-state index contributed by atoms with van der Waals surface area (Å²) in [5.41, 5.74) is 1.81. The number of hydrogen-bond acceptors (Lipinski definition) is 4. The second-order valence-electron chi connectivity index (χ2n) is 2.43. The molecule has 0 aliphatic carbocycles. The molecule has 0 bridgehead atoms. The van der Waals surface area contributed by atoms with Gasteiger partial charge in [0, 0.05) is 10.5 Å². The van der Waals surface area contributed by atoms with Crippen LogP contribution in [0.4, 0.5) is 0 Å². The van der Waals surface area contributed by atoms with E-state index in [1.165, 1.54) is 4.91 Å². The zero-order chi connectivity index (χ0) is 9.10. The van der Waals surface area contributed by atoms with Gasteiger partial charge in [0.1, 0.15) is 0 Å². The van der Waals surface area contributed by atoms with Gasteiger partial charge in [0.25, 0.3) is 0 Å². The Bertz CT molecular complexity index is 360. The molecule has 1 aliphatic heterocycles. The second kappa shape index (κ2) is 4.26. The van der Waals surface area contributed by atoms with Crippen LogP contribution in [0.2, 0.25) is 0 Å². The molecular formula is C9H6OS3. The number of benzene rings is 1.